The quantitative estimate of drug-likeness (QED) is 0.563. The van der Waals surface area contributed by atoms with Gasteiger partial charge in [0.15, 0.2) is 0 Å². The molecule has 0 bridgehead atoms. The fourth-order valence-corrected chi connectivity index (χ4v) is 4.30. The standard InChI is InChI=1S/C25H23NO5/c1-29-19-14-12-18(13-15-19)26-24(28)23-20(10-7-11-21(23)30-2)25(26,16-22(27)31-3)17-8-5-4-6-9-17/h4-15H,16H2,1-3H3. The minimum absolute atomic E-state index is 0.0501. The van der Waals surface area contributed by atoms with Gasteiger partial charge in [-0.1, -0.05) is 42.5 Å². The zero-order chi connectivity index (χ0) is 22.0. The van der Waals surface area contributed by atoms with Crippen LogP contribution in [0, 0.1) is 0 Å². The number of amides is 1. The van der Waals surface area contributed by atoms with E-state index < -0.39 is 11.5 Å². The molecule has 3 aromatic rings. The summed E-state index contributed by atoms with van der Waals surface area (Å²) in [5, 5.41) is 0. The van der Waals surface area contributed by atoms with E-state index in [-0.39, 0.29) is 12.3 Å². The Balaban J connectivity index is 2.05. The molecule has 1 atom stereocenters. The molecule has 0 spiro atoms. The SMILES string of the molecule is COC(=O)CC1(c2ccccc2)c2cccc(OC)c2C(=O)N1c1ccc(OC)cc1. The van der Waals surface area contributed by atoms with Gasteiger partial charge in [-0.2, -0.15) is 0 Å². The molecule has 4 rings (SSSR count). The molecule has 0 aromatic heterocycles. The molecule has 158 valence electrons. The van der Waals surface area contributed by atoms with Crippen LogP contribution in [-0.2, 0) is 15.1 Å². The van der Waals surface area contributed by atoms with Crippen molar-refractivity contribution in [1.82, 2.24) is 0 Å². The first-order valence-electron chi connectivity index (χ1n) is 9.85. The first-order chi connectivity index (χ1) is 15.1. The van der Waals surface area contributed by atoms with E-state index in [1.54, 1.807) is 30.2 Å². The molecule has 1 amide bonds. The number of fused-ring (bicyclic) bond motifs is 1. The van der Waals surface area contributed by atoms with Crippen molar-refractivity contribution in [2.45, 2.75) is 12.0 Å². The molecule has 1 unspecified atom stereocenters. The molecule has 6 nitrogen and oxygen atoms in total. The van der Waals surface area contributed by atoms with Crippen LogP contribution in [0.5, 0.6) is 11.5 Å². The molecule has 0 saturated carbocycles. The van der Waals surface area contributed by atoms with E-state index in [4.69, 9.17) is 14.2 Å². The minimum Gasteiger partial charge on any atom is -0.497 e. The number of hydrogen-bond donors (Lipinski definition) is 0. The molecule has 0 radical (unpaired) electrons. The van der Waals surface area contributed by atoms with Crippen LogP contribution >= 0.6 is 0 Å². The van der Waals surface area contributed by atoms with Crippen LogP contribution in [0.1, 0.15) is 27.9 Å². The number of esters is 1. The van der Waals surface area contributed by atoms with Gasteiger partial charge >= 0.3 is 5.97 Å². The van der Waals surface area contributed by atoms with Gasteiger partial charge in [-0.25, -0.2) is 0 Å². The third kappa shape index (κ3) is 3.20. The number of nitrogens with zero attached hydrogens (tertiary/aromatic N) is 1. The fraction of sp³-hybridized carbons (Fsp3) is 0.200. The maximum Gasteiger partial charge on any atom is 0.308 e. The van der Waals surface area contributed by atoms with Crippen molar-refractivity contribution in [2.24, 2.45) is 0 Å². The molecular weight excluding hydrogens is 394 g/mol. The van der Waals surface area contributed by atoms with Crippen LogP contribution in [-0.4, -0.2) is 33.2 Å². The molecule has 1 aliphatic rings. The summed E-state index contributed by atoms with van der Waals surface area (Å²) >= 11 is 0. The Labute approximate surface area is 181 Å². The molecule has 3 aromatic carbocycles. The first-order valence-corrected chi connectivity index (χ1v) is 9.85. The highest BCUT2D eigenvalue weighted by molar-refractivity contribution is 6.15. The third-order valence-electron chi connectivity index (χ3n) is 5.70. The highest BCUT2D eigenvalue weighted by atomic mass is 16.5. The summed E-state index contributed by atoms with van der Waals surface area (Å²) in [6.45, 7) is 0. The van der Waals surface area contributed by atoms with Crippen molar-refractivity contribution in [2.75, 3.05) is 26.2 Å². The van der Waals surface area contributed by atoms with Crippen LogP contribution in [0.25, 0.3) is 0 Å². The van der Waals surface area contributed by atoms with E-state index in [9.17, 15) is 9.59 Å². The minimum atomic E-state index is -1.09. The van der Waals surface area contributed by atoms with Gasteiger partial charge in [-0.05, 0) is 41.5 Å². The number of benzene rings is 3. The monoisotopic (exact) mass is 417 g/mol. The zero-order valence-corrected chi connectivity index (χ0v) is 17.6. The number of ether oxygens (including phenoxy) is 3. The van der Waals surface area contributed by atoms with Gasteiger partial charge in [0.25, 0.3) is 5.91 Å². The molecule has 0 aliphatic carbocycles. The number of carbonyl (C=O) groups excluding carboxylic acids is 2. The second-order valence-electron chi connectivity index (χ2n) is 7.20. The largest absolute Gasteiger partial charge is 0.497 e. The Bertz CT molecular complexity index is 1110. The lowest BCUT2D eigenvalue weighted by Gasteiger charge is -2.39. The molecule has 0 saturated heterocycles. The molecule has 0 N–H and O–H groups in total. The van der Waals surface area contributed by atoms with E-state index >= 15 is 0 Å². The predicted octanol–water partition coefficient (Wildman–Crippen LogP) is 4.17. The number of carbonyl (C=O) groups is 2. The highest BCUT2D eigenvalue weighted by Crippen LogP contribution is 2.51. The van der Waals surface area contributed by atoms with Crippen molar-refractivity contribution in [3.05, 3.63) is 89.5 Å². The number of hydrogen-bond acceptors (Lipinski definition) is 5. The smallest absolute Gasteiger partial charge is 0.308 e. The van der Waals surface area contributed by atoms with Crippen molar-refractivity contribution < 1.29 is 23.8 Å². The summed E-state index contributed by atoms with van der Waals surface area (Å²) in [6.07, 6.45) is -0.0501. The van der Waals surface area contributed by atoms with Crippen LogP contribution in [0.3, 0.4) is 0 Å². The maximum absolute atomic E-state index is 13.9. The van der Waals surface area contributed by atoms with Crippen molar-refractivity contribution in [3.8, 4) is 11.5 Å². The van der Waals surface area contributed by atoms with E-state index in [1.807, 2.05) is 54.6 Å². The summed E-state index contributed by atoms with van der Waals surface area (Å²) in [5.74, 6) is 0.462. The predicted molar refractivity (Wildman–Crippen MR) is 117 cm³/mol. The average Bonchev–Trinajstić information content (AvgIpc) is 3.08. The topological polar surface area (TPSA) is 65.1 Å². The summed E-state index contributed by atoms with van der Waals surface area (Å²) in [4.78, 5) is 28.2. The van der Waals surface area contributed by atoms with Gasteiger partial charge in [0.2, 0.25) is 0 Å². The molecule has 0 fully saturated rings. The zero-order valence-electron chi connectivity index (χ0n) is 17.6. The first kappa shape index (κ1) is 20.5. The van der Waals surface area contributed by atoms with E-state index in [1.165, 1.54) is 14.2 Å². The van der Waals surface area contributed by atoms with Crippen LogP contribution in [0.4, 0.5) is 5.69 Å². The Morgan fingerprint density at radius 3 is 2.19 bits per heavy atom. The van der Waals surface area contributed by atoms with Crippen molar-refractivity contribution in [1.29, 1.82) is 0 Å². The Morgan fingerprint density at radius 2 is 1.58 bits per heavy atom. The van der Waals surface area contributed by atoms with E-state index in [2.05, 4.69) is 0 Å². The summed E-state index contributed by atoms with van der Waals surface area (Å²) in [5.41, 5.74) is 1.48. The van der Waals surface area contributed by atoms with Crippen molar-refractivity contribution >= 4 is 17.6 Å². The van der Waals surface area contributed by atoms with E-state index in [0.717, 1.165) is 5.56 Å². The molecule has 1 aliphatic heterocycles. The second kappa shape index (κ2) is 8.14. The number of anilines is 1. The van der Waals surface area contributed by atoms with Gasteiger partial charge < -0.3 is 14.2 Å². The Hall–Kier alpha value is -3.80. The van der Waals surface area contributed by atoms with Crippen molar-refractivity contribution in [3.63, 3.8) is 0 Å². The normalized spacial score (nSPS) is 17.3. The fourth-order valence-electron chi connectivity index (χ4n) is 4.30. The van der Waals surface area contributed by atoms with Crippen LogP contribution in [0.2, 0.25) is 0 Å². The molecule has 31 heavy (non-hydrogen) atoms. The summed E-state index contributed by atoms with van der Waals surface area (Å²) in [7, 11) is 4.47. The van der Waals surface area contributed by atoms with Gasteiger partial charge in [-0.3, -0.25) is 14.5 Å². The summed E-state index contributed by atoms with van der Waals surface area (Å²) in [6, 6.07) is 22.2. The second-order valence-corrected chi connectivity index (χ2v) is 7.20. The van der Waals surface area contributed by atoms with Crippen LogP contribution < -0.4 is 14.4 Å². The molecule has 6 heteroatoms. The highest BCUT2D eigenvalue weighted by Gasteiger charge is 2.54. The Kier molecular flexibility index (Phi) is 5.38. The van der Waals surface area contributed by atoms with E-state index in [0.29, 0.717) is 28.3 Å². The molecular formula is C25H23NO5. The lowest BCUT2D eigenvalue weighted by molar-refractivity contribution is -0.141. The number of methoxy groups -OCH3 is 3. The third-order valence-corrected chi connectivity index (χ3v) is 5.70. The number of rotatable bonds is 6. The average molecular weight is 417 g/mol. The lowest BCUT2D eigenvalue weighted by atomic mass is 9.79. The van der Waals surface area contributed by atoms with Gasteiger partial charge in [0.1, 0.15) is 17.0 Å². The Morgan fingerprint density at radius 1 is 0.871 bits per heavy atom. The van der Waals surface area contributed by atoms with Gasteiger partial charge in [-0.15, -0.1) is 0 Å². The molecule has 1 heterocycles. The summed E-state index contributed by atoms with van der Waals surface area (Å²) < 4.78 is 15.9. The van der Waals surface area contributed by atoms with Crippen LogP contribution in [0.15, 0.2) is 72.8 Å². The van der Waals surface area contributed by atoms with Gasteiger partial charge in [0, 0.05) is 5.69 Å². The lowest BCUT2D eigenvalue weighted by Crippen LogP contribution is -2.46. The maximum atomic E-state index is 13.9. The van der Waals surface area contributed by atoms with Gasteiger partial charge in [0.05, 0.1) is 33.3 Å².